The summed E-state index contributed by atoms with van der Waals surface area (Å²) in [5.74, 6) is -0.349. The highest BCUT2D eigenvalue weighted by atomic mass is 32.2. The molecule has 0 saturated carbocycles. The van der Waals surface area contributed by atoms with Crippen molar-refractivity contribution in [1.29, 1.82) is 0 Å². The lowest BCUT2D eigenvalue weighted by Crippen LogP contribution is -2.30. The van der Waals surface area contributed by atoms with Crippen LogP contribution < -0.4 is 5.32 Å². The molecule has 0 spiro atoms. The molecule has 2 N–H and O–H groups in total. The molecule has 0 radical (unpaired) electrons. The Bertz CT molecular complexity index is 376. The largest absolute Gasteiger partial charge is 0.477 e. The number of hydrogen-bond acceptors (Lipinski definition) is 3. The molecule has 1 amide bonds. The highest BCUT2D eigenvalue weighted by molar-refractivity contribution is 7.98. The van der Waals surface area contributed by atoms with Crippen molar-refractivity contribution in [3.8, 4) is 0 Å². The first-order valence-electron chi connectivity index (χ1n) is 4.79. The second-order valence-corrected chi connectivity index (χ2v) is 4.15. The van der Waals surface area contributed by atoms with Gasteiger partial charge in [-0.15, -0.1) is 0 Å². The molecular formula is C10H14N2O3S. The number of carboxylic acids is 1. The maximum atomic E-state index is 11.4. The summed E-state index contributed by atoms with van der Waals surface area (Å²) in [7, 11) is 0. The number of carbonyl (C=O) groups is 2. The maximum Gasteiger partial charge on any atom is 0.352 e. The second-order valence-electron chi connectivity index (χ2n) is 3.17. The molecule has 5 nitrogen and oxygen atoms in total. The Kier molecular flexibility index (Phi) is 4.91. The number of carboxylic acid groups (broad SMARTS) is 1. The molecular weight excluding hydrogens is 228 g/mol. The second kappa shape index (κ2) is 6.22. The molecule has 0 aliphatic heterocycles. The standard InChI is InChI=1S/C10H14N2O3S/c1-16-6-4-11-9(13)7-12-5-2-3-8(12)10(14)15/h2-3,5H,4,6-7H2,1H3,(H,11,13)(H,14,15). The third-order valence-electron chi connectivity index (χ3n) is 1.99. The molecule has 1 rings (SSSR count). The van der Waals surface area contributed by atoms with Gasteiger partial charge in [-0.2, -0.15) is 11.8 Å². The van der Waals surface area contributed by atoms with E-state index in [9.17, 15) is 9.59 Å². The molecule has 0 bridgehead atoms. The minimum absolute atomic E-state index is 0.0447. The number of nitrogens with zero attached hydrogens (tertiary/aromatic N) is 1. The molecule has 6 heteroatoms. The first-order chi connectivity index (χ1) is 7.65. The SMILES string of the molecule is CSCCNC(=O)Cn1cccc1C(=O)O. The van der Waals surface area contributed by atoms with Gasteiger partial charge in [0.1, 0.15) is 12.2 Å². The van der Waals surface area contributed by atoms with Crippen LogP contribution in [0.5, 0.6) is 0 Å². The van der Waals surface area contributed by atoms with E-state index < -0.39 is 5.97 Å². The zero-order valence-corrected chi connectivity index (χ0v) is 9.79. The number of amides is 1. The van der Waals surface area contributed by atoms with E-state index in [1.165, 1.54) is 10.6 Å². The summed E-state index contributed by atoms with van der Waals surface area (Å²) in [5, 5.41) is 11.5. The number of aromatic nitrogens is 1. The molecule has 0 unspecified atom stereocenters. The van der Waals surface area contributed by atoms with Crippen LogP contribution in [0.3, 0.4) is 0 Å². The van der Waals surface area contributed by atoms with Crippen LogP contribution in [0.2, 0.25) is 0 Å². The van der Waals surface area contributed by atoms with Crippen LogP contribution in [0.4, 0.5) is 0 Å². The molecule has 0 aliphatic carbocycles. The lowest BCUT2D eigenvalue weighted by Gasteiger charge is -2.07. The topological polar surface area (TPSA) is 71.3 Å². The highest BCUT2D eigenvalue weighted by Crippen LogP contribution is 2.01. The van der Waals surface area contributed by atoms with E-state index in [-0.39, 0.29) is 18.1 Å². The molecule has 0 atom stereocenters. The Labute approximate surface area is 97.8 Å². The molecule has 1 aromatic rings. The van der Waals surface area contributed by atoms with Crippen molar-refractivity contribution in [1.82, 2.24) is 9.88 Å². The summed E-state index contributed by atoms with van der Waals surface area (Å²) in [6.07, 6.45) is 3.54. The van der Waals surface area contributed by atoms with Crippen LogP contribution in [-0.2, 0) is 11.3 Å². The lowest BCUT2D eigenvalue weighted by molar-refractivity contribution is -0.121. The van der Waals surface area contributed by atoms with E-state index in [4.69, 9.17) is 5.11 Å². The fourth-order valence-electron chi connectivity index (χ4n) is 1.25. The van der Waals surface area contributed by atoms with Crippen molar-refractivity contribution in [2.75, 3.05) is 18.6 Å². The summed E-state index contributed by atoms with van der Waals surface area (Å²) >= 11 is 1.64. The number of rotatable bonds is 6. The zero-order chi connectivity index (χ0) is 12.0. The van der Waals surface area contributed by atoms with Crippen molar-refractivity contribution in [2.45, 2.75) is 6.54 Å². The van der Waals surface area contributed by atoms with Gasteiger partial charge in [-0.25, -0.2) is 4.79 Å². The number of aromatic carboxylic acids is 1. The monoisotopic (exact) mass is 242 g/mol. The van der Waals surface area contributed by atoms with E-state index >= 15 is 0 Å². The van der Waals surface area contributed by atoms with Gasteiger partial charge in [0, 0.05) is 18.5 Å². The van der Waals surface area contributed by atoms with Crippen molar-refractivity contribution >= 4 is 23.6 Å². The zero-order valence-electron chi connectivity index (χ0n) is 8.97. The van der Waals surface area contributed by atoms with Crippen molar-refractivity contribution in [3.05, 3.63) is 24.0 Å². The molecule has 16 heavy (non-hydrogen) atoms. The molecule has 0 aromatic carbocycles. The Balaban J connectivity index is 2.49. The van der Waals surface area contributed by atoms with Gasteiger partial charge in [0.25, 0.3) is 0 Å². The molecule has 1 heterocycles. The third kappa shape index (κ3) is 3.62. The number of hydrogen-bond donors (Lipinski definition) is 2. The minimum Gasteiger partial charge on any atom is -0.477 e. The van der Waals surface area contributed by atoms with Gasteiger partial charge in [-0.3, -0.25) is 4.79 Å². The van der Waals surface area contributed by atoms with Gasteiger partial charge in [0.15, 0.2) is 0 Å². The van der Waals surface area contributed by atoms with Gasteiger partial charge in [-0.05, 0) is 18.4 Å². The summed E-state index contributed by atoms with van der Waals surface area (Å²) in [5.41, 5.74) is 0.125. The van der Waals surface area contributed by atoms with Gasteiger partial charge in [0.2, 0.25) is 5.91 Å². The van der Waals surface area contributed by atoms with Crippen LogP contribution in [0.15, 0.2) is 18.3 Å². The van der Waals surface area contributed by atoms with E-state index in [1.807, 2.05) is 6.26 Å². The third-order valence-corrected chi connectivity index (χ3v) is 2.60. The first-order valence-corrected chi connectivity index (χ1v) is 6.18. The summed E-state index contributed by atoms with van der Waals surface area (Å²) < 4.78 is 1.41. The Morgan fingerprint density at radius 3 is 2.94 bits per heavy atom. The summed E-state index contributed by atoms with van der Waals surface area (Å²) in [6, 6.07) is 3.08. The van der Waals surface area contributed by atoms with Crippen LogP contribution in [-0.4, -0.2) is 40.1 Å². The average Bonchev–Trinajstić information content (AvgIpc) is 2.66. The van der Waals surface area contributed by atoms with Gasteiger partial charge >= 0.3 is 5.97 Å². The van der Waals surface area contributed by atoms with E-state index in [0.717, 1.165) is 5.75 Å². The van der Waals surface area contributed by atoms with Gasteiger partial charge in [-0.1, -0.05) is 0 Å². The van der Waals surface area contributed by atoms with Crippen LogP contribution >= 0.6 is 11.8 Å². The first kappa shape index (κ1) is 12.6. The summed E-state index contributed by atoms with van der Waals surface area (Å²) in [6.45, 7) is 0.646. The Hall–Kier alpha value is -1.43. The lowest BCUT2D eigenvalue weighted by atomic mass is 10.4. The molecule has 0 aliphatic rings. The molecule has 0 fully saturated rings. The van der Waals surface area contributed by atoms with Crippen LogP contribution in [0.1, 0.15) is 10.5 Å². The normalized spacial score (nSPS) is 10.1. The fraction of sp³-hybridized carbons (Fsp3) is 0.400. The predicted octanol–water partition coefficient (Wildman–Crippen LogP) is 0.665. The van der Waals surface area contributed by atoms with E-state index in [1.54, 1.807) is 24.0 Å². The maximum absolute atomic E-state index is 11.4. The van der Waals surface area contributed by atoms with Crippen LogP contribution in [0.25, 0.3) is 0 Å². The quantitative estimate of drug-likeness (QED) is 0.719. The molecule has 88 valence electrons. The highest BCUT2D eigenvalue weighted by Gasteiger charge is 2.10. The van der Waals surface area contributed by atoms with E-state index in [2.05, 4.69) is 5.32 Å². The van der Waals surface area contributed by atoms with Crippen LogP contribution in [0, 0.1) is 0 Å². The number of nitrogens with one attached hydrogen (secondary N) is 1. The fourth-order valence-corrected chi connectivity index (χ4v) is 1.56. The molecule has 1 aromatic heterocycles. The van der Waals surface area contributed by atoms with Crippen molar-refractivity contribution < 1.29 is 14.7 Å². The van der Waals surface area contributed by atoms with E-state index in [0.29, 0.717) is 6.54 Å². The van der Waals surface area contributed by atoms with Gasteiger partial charge in [0.05, 0.1) is 0 Å². The summed E-state index contributed by atoms with van der Waals surface area (Å²) in [4.78, 5) is 22.2. The molecule has 0 saturated heterocycles. The average molecular weight is 242 g/mol. The minimum atomic E-state index is -1.03. The number of carbonyl (C=O) groups excluding carboxylic acids is 1. The Morgan fingerprint density at radius 2 is 2.31 bits per heavy atom. The van der Waals surface area contributed by atoms with Crippen molar-refractivity contribution in [2.24, 2.45) is 0 Å². The Morgan fingerprint density at radius 1 is 1.56 bits per heavy atom. The number of thioether (sulfide) groups is 1. The predicted molar refractivity (Wildman–Crippen MR) is 62.8 cm³/mol. The van der Waals surface area contributed by atoms with Gasteiger partial charge < -0.3 is 15.0 Å². The van der Waals surface area contributed by atoms with Crippen molar-refractivity contribution in [3.63, 3.8) is 0 Å². The smallest absolute Gasteiger partial charge is 0.352 e.